The van der Waals surface area contributed by atoms with Crippen LogP contribution in [0.3, 0.4) is 0 Å². The average molecular weight is 311 g/mol. The molecule has 0 spiro atoms. The van der Waals surface area contributed by atoms with Crippen LogP contribution in [-0.4, -0.2) is 23.8 Å². The number of fused-ring (bicyclic) bond motifs is 1. The Balaban J connectivity index is 1.81. The van der Waals surface area contributed by atoms with Gasteiger partial charge in [0.1, 0.15) is 17.6 Å². The van der Waals surface area contributed by atoms with Crippen molar-refractivity contribution in [2.45, 2.75) is 45.8 Å². The molecule has 1 N–H and O–H groups in total. The first-order chi connectivity index (χ1) is 11.1. The number of aromatic hydroxyl groups is 1. The lowest BCUT2D eigenvalue weighted by Gasteiger charge is -2.39. The number of aryl methyl sites for hydroxylation is 1. The number of phenolic OH excluding ortho intramolecular Hbond substituents is 1. The Morgan fingerprint density at radius 1 is 1.13 bits per heavy atom. The van der Waals surface area contributed by atoms with Gasteiger partial charge in [-0.3, -0.25) is 0 Å². The second-order valence-corrected chi connectivity index (χ2v) is 6.51. The minimum atomic E-state index is 0.0965. The second-order valence-electron chi connectivity index (χ2n) is 6.51. The molecule has 2 aromatic carbocycles. The Hall–Kier alpha value is -2.16. The van der Waals surface area contributed by atoms with Crippen LogP contribution in [0.15, 0.2) is 42.5 Å². The predicted octanol–water partition coefficient (Wildman–Crippen LogP) is 4.17. The first-order valence-electron chi connectivity index (χ1n) is 8.41. The molecule has 0 fully saturated rings. The van der Waals surface area contributed by atoms with Crippen molar-refractivity contribution in [3.05, 3.63) is 53.6 Å². The van der Waals surface area contributed by atoms with Gasteiger partial charge in [0, 0.05) is 18.5 Å². The molecule has 122 valence electrons. The monoisotopic (exact) mass is 311 g/mol. The first-order valence-corrected chi connectivity index (χ1v) is 8.41. The van der Waals surface area contributed by atoms with Crippen LogP contribution < -0.4 is 9.64 Å². The van der Waals surface area contributed by atoms with Crippen LogP contribution in [0.5, 0.6) is 11.5 Å². The first kappa shape index (κ1) is 15.7. The Morgan fingerprint density at radius 3 is 2.48 bits per heavy atom. The lowest BCUT2D eigenvalue weighted by Crippen LogP contribution is -2.44. The molecule has 1 heterocycles. The van der Waals surface area contributed by atoms with E-state index in [1.54, 1.807) is 12.1 Å². The third kappa shape index (κ3) is 3.44. The zero-order valence-electron chi connectivity index (χ0n) is 14.1. The van der Waals surface area contributed by atoms with E-state index < -0.39 is 0 Å². The highest BCUT2D eigenvalue weighted by molar-refractivity contribution is 5.63. The summed E-state index contributed by atoms with van der Waals surface area (Å²) in [5.74, 6) is 1.03. The maximum atomic E-state index is 9.75. The quantitative estimate of drug-likeness (QED) is 0.919. The topological polar surface area (TPSA) is 32.7 Å². The van der Waals surface area contributed by atoms with Crippen LogP contribution in [-0.2, 0) is 12.8 Å². The van der Waals surface area contributed by atoms with Gasteiger partial charge >= 0.3 is 0 Å². The van der Waals surface area contributed by atoms with Crippen molar-refractivity contribution in [3.8, 4) is 11.5 Å². The van der Waals surface area contributed by atoms with E-state index in [1.165, 1.54) is 11.1 Å². The summed E-state index contributed by atoms with van der Waals surface area (Å²) in [6.07, 6.45) is 2.04. The molecule has 0 saturated carbocycles. The zero-order chi connectivity index (χ0) is 16.4. The minimum Gasteiger partial charge on any atom is -0.508 e. The molecule has 0 radical (unpaired) electrons. The van der Waals surface area contributed by atoms with E-state index in [-0.39, 0.29) is 11.9 Å². The number of ether oxygens (including phenoxy) is 1. The molecule has 3 rings (SSSR count). The van der Waals surface area contributed by atoms with Crippen LogP contribution in [0, 0.1) is 0 Å². The van der Waals surface area contributed by atoms with E-state index in [0.29, 0.717) is 6.04 Å². The van der Waals surface area contributed by atoms with E-state index >= 15 is 0 Å². The standard InChI is InChI=1S/C20H25NO2/c1-4-15-5-7-16(8-6-15)11-18-13-21(14(2)3)19-10-9-17(22)12-20(19)23-18/h5-10,12,14,18,22H,4,11,13H2,1-3H3. The van der Waals surface area contributed by atoms with E-state index in [4.69, 9.17) is 4.74 Å². The number of phenols is 1. The normalized spacial score (nSPS) is 17.0. The number of rotatable bonds is 4. The fourth-order valence-electron chi connectivity index (χ4n) is 3.14. The second kappa shape index (κ2) is 6.53. The fourth-order valence-corrected chi connectivity index (χ4v) is 3.14. The van der Waals surface area contributed by atoms with Gasteiger partial charge in [-0.05, 0) is 43.5 Å². The molecule has 1 aliphatic rings. The summed E-state index contributed by atoms with van der Waals surface area (Å²) in [6, 6.07) is 14.6. The van der Waals surface area contributed by atoms with Crippen LogP contribution in [0.1, 0.15) is 31.9 Å². The summed E-state index contributed by atoms with van der Waals surface area (Å²) in [5.41, 5.74) is 3.72. The molecule has 23 heavy (non-hydrogen) atoms. The zero-order valence-corrected chi connectivity index (χ0v) is 14.1. The Labute approximate surface area is 138 Å². The molecule has 3 heteroatoms. The van der Waals surface area contributed by atoms with Crippen molar-refractivity contribution in [1.82, 2.24) is 0 Å². The Bertz CT molecular complexity index is 664. The molecule has 0 saturated heterocycles. The van der Waals surface area contributed by atoms with Crippen molar-refractivity contribution in [2.24, 2.45) is 0 Å². The molecular weight excluding hydrogens is 286 g/mol. The van der Waals surface area contributed by atoms with E-state index in [9.17, 15) is 5.11 Å². The van der Waals surface area contributed by atoms with Crippen molar-refractivity contribution in [3.63, 3.8) is 0 Å². The highest BCUT2D eigenvalue weighted by Gasteiger charge is 2.27. The highest BCUT2D eigenvalue weighted by Crippen LogP contribution is 2.37. The van der Waals surface area contributed by atoms with Crippen LogP contribution >= 0.6 is 0 Å². The lowest BCUT2D eigenvalue weighted by molar-refractivity contribution is 0.190. The van der Waals surface area contributed by atoms with E-state index in [0.717, 1.165) is 30.8 Å². The van der Waals surface area contributed by atoms with Crippen LogP contribution in [0.4, 0.5) is 5.69 Å². The van der Waals surface area contributed by atoms with Gasteiger partial charge < -0.3 is 14.7 Å². The van der Waals surface area contributed by atoms with Crippen LogP contribution in [0.2, 0.25) is 0 Å². The van der Waals surface area contributed by atoms with Gasteiger partial charge in [-0.15, -0.1) is 0 Å². The van der Waals surface area contributed by atoms with Gasteiger partial charge in [0.2, 0.25) is 0 Å². The minimum absolute atomic E-state index is 0.0965. The maximum Gasteiger partial charge on any atom is 0.146 e. The molecule has 3 nitrogen and oxygen atoms in total. The Kier molecular flexibility index (Phi) is 4.46. The number of hydrogen-bond acceptors (Lipinski definition) is 3. The fraction of sp³-hybridized carbons (Fsp3) is 0.400. The summed E-state index contributed by atoms with van der Waals surface area (Å²) < 4.78 is 6.15. The molecule has 1 aliphatic heterocycles. The summed E-state index contributed by atoms with van der Waals surface area (Å²) in [6.45, 7) is 7.41. The maximum absolute atomic E-state index is 9.75. The lowest BCUT2D eigenvalue weighted by atomic mass is 10.0. The van der Waals surface area contributed by atoms with Crippen molar-refractivity contribution >= 4 is 5.69 Å². The van der Waals surface area contributed by atoms with Crippen LogP contribution in [0.25, 0.3) is 0 Å². The van der Waals surface area contributed by atoms with Gasteiger partial charge in [-0.2, -0.15) is 0 Å². The van der Waals surface area contributed by atoms with Gasteiger partial charge in [0.25, 0.3) is 0 Å². The van der Waals surface area contributed by atoms with Crippen molar-refractivity contribution < 1.29 is 9.84 Å². The third-order valence-corrected chi connectivity index (χ3v) is 4.46. The summed E-state index contributed by atoms with van der Waals surface area (Å²) in [7, 11) is 0. The number of nitrogens with zero attached hydrogens (tertiary/aromatic N) is 1. The third-order valence-electron chi connectivity index (χ3n) is 4.46. The van der Waals surface area contributed by atoms with Crippen molar-refractivity contribution in [1.29, 1.82) is 0 Å². The molecule has 0 bridgehead atoms. The summed E-state index contributed by atoms with van der Waals surface area (Å²) >= 11 is 0. The smallest absolute Gasteiger partial charge is 0.146 e. The predicted molar refractivity (Wildman–Crippen MR) is 94.5 cm³/mol. The van der Waals surface area contributed by atoms with Gasteiger partial charge in [0.05, 0.1) is 12.2 Å². The summed E-state index contributed by atoms with van der Waals surface area (Å²) in [5, 5.41) is 9.75. The van der Waals surface area contributed by atoms with E-state index in [2.05, 4.69) is 49.9 Å². The average Bonchev–Trinajstić information content (AvgIpc) is 2.54. The molecule has 1 atom stereocenters. The highest BCUT2D eigenvalue weighted by atomic mass is 16.5. The molecule has 2 aromatic rings. The number of anilines is 1. The molecule has 0 aromatic heterocycles. The molecule has 1 unspecified atom stereocenters. The number of benzene rings is 2. The van der Waals surface area contributed by atoms with Gasteiger partial charge in [-0.25, -0.2) is 0 Å². The summed E-state index contributed by atoms with van der Waals surface area (Å²) in [4.78, 5) is 2.35. The SMILES string of the molecule is CCc1ccc(CC2CN(C(C)C)c3ccc(O)cc3O2)cc1. The largest absolute Gasteiger partial charge is 0.508 e. The molecule has 0 aliphatic carbocycles. The van der Waals surface area contributed by atoms with Gasteiger partial charge in [0.15, 0.2) is 0 Å². The van der Waals surface area contributed by atoms with Gasteiger partial charge in [-0.1, -0.05) is 31.2 Å². The van der Waals surface area contributed by atoms with Crippen molar-refractivity contribution in [2.75, 3.05) is 11.4 Å². The van der Waals surface area contributed by atoms with E-state index in [1.807, 2.05) is 6.07 Å². The molecule has 0 amide bonds. The molecular formula is C20H25NO2. The number of hydrogen-bond donors (Lipinski definition) is 1. The Morgan fingerprint density at radius 2 is 1.83 bits per heavy atom.